The highest BCUT2D eigenvalue weighted by Crippen LogP contribution is 2.23. The number of halogens is 1. The third-order valence-electron chi connectivity index (χ3n) is 2.96. The Labute approximate surface area is 127 Å². The molecular weight excluding hydrogens is 348 g/mol. The van der Waals surface area contributed by atoms with Crippen LogP contribution in [0, 0.1) is 0 Å². The maximum absolute atomic E-state index is 11.6. The second-order valence-electron chi connectivity index (χ2n) is 4.94. The van der Waals surface area contributed by atoms with Gasteiger partial charge in [0.05, 0.1) is 4.75 Å². The van der Waals surface area contributed by atoms with Gasteiger partial charge in [-0.2, -0.15) is 0 Å². The number of benzene rings is 1. The Kier molecular flexibility index (Phi) is 4.97. The fourth-order valence-corrected chi connectivity index (χ4v) is 2.18. The molecule has 7 heteroatoms. The van der Waals surface area contributed by atoms with Crippen LogP contribution in [0.5, 0.6) is 0 Å². The van der Waals surface area contributed by atoms with E-state index in [-0.39, 0.29) is 11.5 Å². The largest absolute Gasteiger partial charge is 0.389 e. The number of hydrogen-bond acceptors (Lipinski definition) is 4. The van der Waals surface area contributed by atoms with E-state index in [2.05, 4.69) is 21.2 Å². The Morgan fingerprint density at radius 2 is 2.05 bits per heavy atom. The fraction of sp³-hybridized carbons (Fsp3) is 0.417. The lowest BCUT2D eigenvalue weighted by atomic mass is 10.1. The number of hydrogen-bond donors (Lipinski definition) is 2. The zero-order valence-corrected chi connectivity index (χ0v) is 14.2. The maximum atomic E-state index is 11.6. The van der Waals surface area contributed by atoms with E-state index in [0.717, 1.165) is 10.2 Å². The molecule has 0 aliphatic rings. The summed E-state index contributed by atoms with van der Waals surface area (Å²) in [5.41, 5.74) is 7.08. The summed E-state index contributed by atoms with van der Waals surface area (Å²) in [5.74, 6) is 0. The first-order chi connectivity index (χ1) is 8.54. The Morgan fingerprint density at radius 3 is 2.53 bits per heavy atom. The normalized spacial score (nSPS) is 12.2. The molecule has 0 spiro atoms. The molecule has 0 amide bonds. The standard InChI is InChI=1S/C12H17BrN2O2S2/c1-12(2,19(3,16)17)7-15-10-5-4-8(13)6-9(10)11(14)18/h4-6,15H,7H2,1-3H3,(H2,14,18). The molecule has 0 saturated carbocycles. The van der Waals surface area contributed by atoms with E-state index in [1.165, 1.54) is 6.26 Å². The van der Waals surface area contributed by atoms with Gasteiger partial charge in [-0.1, -0.05) is 28.1 Å². The molecule has 0 unspecified atom stereocenters. The van der Waals surface area contributed by atoms with Crippen LogP contribution in [-0.2, 0) is 9.84 Å². The van der Waals surface area contributed by atoms with E-state index in [0.29, 0.717) is 5.56 Å². The van der Waals surface area contributed by atoms with Crippen molar-refractivity contribution in [3.8, 4) is 0 Å². The molecule has 19 heavy (non-hydrogen) atoms. The van der Waals surface area contributed by atoms with Gasteiger partial charge in [-0.05, 0) is 32.0 Å². The SMILES string of the molecule is CC(C)(CNc1ccc(Br)cc1C(N)=S)S(C)(=O)=O. The summed E-state index contributed by atoms with van der Waals surface area (Å²) in [4.78, 5) is 0.265. The van der Waals surface area contributed by atoms with Crippen LogP contribution in [0.3, 0.4) is 0 Å². The molecule has 0 aliphatic carbocycles. The molecule has 0 aromatic heterocycles. The van der Waals surface area contributed by atoms with E-state index in [1.54, 1.807) is 19.9 Å². The molecule has 3 N–H and O–H groups in total. The second-order valence-corrected chi connectivity index (χ2v) is 8.94. The predicted molar refractivity (Wildman–Crippen MR) is 87.4 cm³/mol. The Hall–Kier alpha value is -0.660. The molecule has 0 heterocycles. The van der Waals surface area contributed by atoms with Crippen molar-refractivity contribution >= 4 is 48.7 Å². The first kappa shape index (κ1) is 16.4. The topological polar surface area (TPSA) is 72.2 Å². The average molecular weight is 365 g/mol. The lowest BCUT2D eigenvalue weighted by molar-refractivity contribution is 0.560. The Morgan fingerprint density at radius 1 is 1.47 bits per heavy atom. The molecule has 1 rings (SSSR count). The van der Waals surface area contributed by atoms with Gasteiger partial charge in [0.15, 0.2) is 9.84 Å². The minimum atomic E-state index is -3.15. The van der Waals surface area contributed by atoms with Crippen molar-refractivity contribution in [2.24, 2.45) is 5.73 Å². The lowest BCUT2D eigenvalue weighted by Gasteiger charge is -2.24. The number of anilines is 1. The van der Waals surface area contributed by atoms with Crippen molar-refractivity contribution in [1.29, 1.82) is 0 Å². The van der Waals surface area contributed by atoms with Crippen LogP contribution >= 0.6 is 28.1 Å². The molecule has 1 aromatic rings. The van der Waals surface area contributed by atoms with Crippen molar-refractivity contribution in [1.82, 2.24) is 0 Å². The van der Waals surface area contributed by atoms with Crippen molar-refractivity contribution in [2.45, 2.75) is 18.6 Å². The second kappa shape index (κ2) is 5.76. The van der Waals surface area contributed by atoms with Gasteiger partial charge < -0.3 is 11.1 Å². The molecule has 0 atom stereocenters. The van der Waals surface area contributed by atoms with Gasteiger partial charge in [-0.15, -0.1) is 0 Å². The van der Waals surface area contributed by atoms with Crippen molar-refractivity contribution < 1.29 is 8.42 Å². The molecular formula is C12H17BrN2O2S2. The summed E-state index contributed by atoms with van der Waals surface area (Å²) in [6.07, 6.45) is 1.23. The van der Waals surface area contributed by atoms with Crippen LogP contribution in [0.25, 0.3) is 0 Å². The van der Waals surface area contributed by atoms with Gasteiger partial charge in [0, 0.05) is 28.5 Å². The summed E-state index contributed by atoms with van der Waals surface area (Å²) >= 11 is 8.34. The zero-order valence-electron chi connectivity index (χ0n) is 11.0. The van der Waals surface area contributed by atoms with Crippen molar-refractivity contribution in [3.63, 3.8) is 0 Å². The summed E-state index contributed by atoms with van der Waals surface area (Å²) in [5, 5.41) is 3.10. The van der Waals surface area contributed by atoms with Crippen LogP contribution in [0.4, 0.5) is 5.69 Å². The van der Waals surface area contributed by atoms with E-state index in [4.69, 9.17) is 18.0 Å². The van der Waals surface area contributed by atoms with Crippen LogP contribution in [-0.4, -0.2) is 31.0 Å². The first-order valence-electron chi connectivity index (χ1n) is 5.57. The molecule has 0 aliphatic heterocycles. The summed E-state index contributed by atoms with van der Waals surface area (Å²) in [7, 11) is -3.15. The Balaban J connectivity index is 2.99. The van der Waals surface area contributed by atoms with Crippen LogP contribution < -0.4 is 11.1 Å². The smallest absolute Gasteiger partial charge is 0.154 e. The van der Waals surface area contributed by atoms with E-state index < -0.39 is 14.6 Å². The minimum Gasteiger partial charge on any atom is -0.389 e. The zero-order chi connectivity index (χ0) is 14.8. The first-order valence-corrected chi connectivity index (χ1v) is 8.67. The number of rotatable bonds is 5. The third kappa shape index (κ3) is 4.15. The fourth-order valence-electron chi connectivity index (χ4n) is 1.31. The average Bonchev–Trinajstić information content (AvgIpc) is 2.25. The maximum Gasteiger partial charge on any atom is 0.154 e. The molecule has 106 valence electrons. The van der Waals surface area contributed by atoms with Crippen LogP contribution in [0.15, 0.2) is 22.7 Å². The predicted octanol–water partition coefficient (Wildman–Crippen LogP) is 2.32. The van der Waals surface area contributed by atoms with E-state index in [9.17, 15) is 8.42 Å². The molecule has 0 fully saturated rings. The lowest BCUT2D eigenvalue weighted by Crippen LogP contribution is -2.38. The molecule has 0 bridgehead atoms. The van der Waals surface area contributed by atoms with Crippen molar-refractivity contribution in [3.05, 3.63) is 28.2 Å². The van der Waals surface area contributed by atoms with Gasteiger partial charge >= 0.3 is 0 Å². The number of sulfone groups is 1. The molecule has 0 saturated heterocycles. The summed E-state index contributed by atoms with van der Waals surface area (Å²) in [6.45, 7) is 3.63. The number of nitrogens with two attached hydrogens (primary N) is 1. The van der Waals surface area contributed by atoms with Gasteiger partial charge in [0.1, 0.15) is 4.99 Å². The van der Waals surface area contributed by atoms with Gasteiger partial charge in [0.2, 0.25) is 0 Å². The third-order valence-corrected chi connectivity index (χ3v) is 5.82. The highest BCUT2D eigenvalue weighted by molar-refractivity contribution is 9.10. The summed E-state index contributed by atoms with van der Waals surface area (Å²) in [6, 6.07) is 5.46. The highest BCUT2D eigenvalue weighted by Gasteiger charge is 2.30. The van der Waals surface area contributed by atoms with Gasteiger partial charge in [-0.3, -0.25) is 0 Å². The monoisotopic (exact) mass is 364 g/mol. The van der Waals surface area contributed by atoms with E-state index >= 15 is 0 Å². The minimum absolute atomic E-state index is 0.265. The van der Waals surface area contributed by atoms with Crippen molar-refractivity contribution in [2.75, 3.05) is 18.1 Å². The van der Waals surface area contributed by atoms with Crippen LogP contribution in [0.1, 0.15) is 19.4 Å². The van der Waals surface area contributed by atoms with Gasteiger partial charge in [0.25, 0.3) is 0 Å². The highest BCUT2D eigenvalue weighted by atomic mass is 79.9. The molecule has 4 nitrogen and oxygen atoms in total. The summed E-state index contributed by atoms with van der Waals surface area (Å²) < 4.78 is 23.3. The van der Waals surface area contributed by atoms with Gasteiger partial charge in [-0.25, -0.2) is 8.42 Å². The quantitative estimate of drug-likeness (QED) is 0.784. The Bertz CT molecular complexity index is 598. The van der Waals surface area contributed by atoms with E-state index in [1.807, 2.05) is 12.1 Å². The number of thiocarbonyl (C=S) groups is 1. The molecule has 1 aromatic carbocycles. The molecule has 0 radical (unpaired) electrons. The van der Waals surface area contributed by atoms with Crippen LogP contribution in [0.2, 0.25) is 0 Å². The number of nitrogens with one attached hydrogen (secondary N) is 1.